The summed E-state index contributed by atoms with van der Waals surface area (Å²) >= 11 is 3.40. The Kier molecular flexibility index (Phi) is 4.31. The number of hydrogen-bond donors (Lipinski definition) is 2. The number of nitrogens with one attached hydrogen (secondary N) is 1. The third kappa shape index (κ3) is 3.12. The maximum atomic E-state index is 9.76. The van der Waals surface area contributed by atoms with E-state index < -0.39 is 0 Å². The number of anilines is 1. The van der Waals surface area contributed by atoms with Gasteiger partial charge in [0.1, 0.15) is 11.8 Å². The average molecular weight is 331 g/mol. The normalized spacial score (nSPS) is 10.1. The van der Waals surface area contributed by atoms with E-state index in [1.807, 2.05) is 38.1 Å². The second-order valence-corrected chi connectivity index (χ2v) is 5.65. The van der Waals surface area contributed by atoms with Gasteiger partial charge in [0.15, 0.2) is 0 Å². The molecule has 0 aliphatic rings. The molecule has 2 aromatic rings. The molecule has 0 saturated heterocycles. The van der Waals surface area contributed by atoms with Crippen LogP contribution >= 0.6 is 15.9 Å². The van der Waals surface area contributed by atoms with Gasteiger partial charge in [0.25, 0.3) is 0 Å². The molecule has 0 aliphatic carbocycles. The number of halogens is 1. The van der Waals surface area contributed by atoms with Crippen molar-refractivity contribution in [2.45, 2.75) is 20.4 Å². The Morgan fingerprint density at radius 1 is 1.20 bits per heavy atom. The van der Waals surface area contributed by atoms with E-state index in [1.54, 1.807) is 6.07 Å². The first-order valence-corrected chi connectivity index (χ1v) is 7.03. The number of nitriles is 1. The average Bonchev–Trinajstić information content (AvgIpc) is 2.42. The second kappa shape index (κ2) is 5.98. The SMILES string of the molecule is Cc1cc(CNc2cc(Br)ccc2C#N)cc(C)c1O. The molecule has 0 atom stereocenters. The molecule has 2 aromatic carbocycles. The zero-order valence-electron chi connectivity index (χ0n) is 11.4. The van der Waals surface area contributed by atoms with Crippen molar-refractivity contribution in [3.8, 4) is 11.8 Å². The van der Waals surface area contributed by atoms with Crippen molar-refractivity contribution in [2.75, 3.05) is 5.32 Å². The van der Waals surface area contributed by atoms with Gasteiger partial charge in [-0.3, -0.25) is 0 Å². The third-order valence-electron chi connectivity index (χ3n) is 3.14. The Morgan fingerprint density at radius 2 is 1.85 bits per heavy atom. The molecule has 0 radical (unpaired) electrons. The predicted molar refractivity (Wildman–Crippen MR) is 83.8 cm³/mol. The van der Waals surface area contributed by atoms with E-state index in [9.17, 15) is 5.11 Å². The quantitative estimate of drug-likeness (QED) is 0.884. The van der Waals surface area contributed by atoms with Crippen molar-refractivity contribution >= 4 is 21.6 Å². The Bertz CT molecular complexity index is 666. The van der Waals surface area contributed by atoms with Crippen LogP contribution in [0, 0.1) is 25.2 Å². The summed E-state index contributed by atoms with van der Waals surface area (Å²) in [6.07, 6.45) is 0. The van der Waals surface area contributed by atoms with Crippen LogP contribution in [-0.4, -0.2) is 5.11 Å². The number of hydrogen-bond acceptors (Lipinski definition) is 3. The van der Waals surface area contributed by atoms with Crippen molar-refractivity contribution in [1.29, 1.82) is 5.26 Å². The molecule has 102 valence electrons. The summed E-state index contributed by atoms with van der Waals surface area (Å²) < 4.78 is 0.928. The van der Waals surface area contributed by atoms with Crippen LogP contribution in [0.5, 0.6) is 5.75 Å². The maximum Gasteiger partial charge on any atom is 0.121 e. The van der Waals surface area contributed by atoms with Gasteiger partial charge in [0, 0.05) is 11.0 Å². The number of phenolic OH excluding ortho intramolecular Hbond substituents is 1. The van der Waals surface area contributed by atoms with Crippen LogP contribution in [0.1, 0.15) is 22.3 Å². The molecule has 2 rings (SSSR count). The fraction of sp³-hybridized carbons (Fsp3) is 0.188. The lowest BCUT2D eigenvalue weighted by Gasteiger charge is -2.11. The van der Waals surface area contributed by atoms with Crippen LogP contribution in [-0.2, 0) is 6.54 Å². The van der Waals surface area contributed by atoms with Crippen LogP contribution < -0.4 is 5.32 Å². The third-order valence-corrected chi connectivity index (χ3v) is 3.63. The van der Waals surface area contributed by atoms with Crippen molar-refractivity contribution in [2.24, 2.45) is 0 Å². The highest BCUT2D eigenvalue weighted by Gasteiger charge is 2.05. The van der Waals surface area contributed by atoms with Crippen molar-refractivity contribution in [3.05, 3.63) is 57.1 Å². The molecule has 0 fully saturated rings. The number of aryl methyl sites for hydroxylation is 2. The van der Waals surface area contributed by atoms with Crippen LogP contribution in [0.15, 0.2) is 34.8 Å². The van der Waals surface area contributed by atoms with Crippen molar-refractivity contribution in [3.63, 3.8) is 0 Å². The number of rotatable bonds is 3. The van der Waals surface area contributed by atoms with E-state index in [-0.39, 0.29) is 0 Å². The highest BCUT2D eigenvalue weighted by atomic mass is 79.9. The molecule has 0 unspecified atom stereocenters. The number of nitrogens with zero attached hydrogens (tertiary/aromatic N) is 1. The second-order valence-electron chi connectivity index (χ2n) is 4.73. The van der Waals surface area contributed by atoms with E-state index in [2.05, 4.69) is 27.3 Å². The Hall–Kier alpha value is -1.99. The monoisotopic (exact) mass is 330 g/mol. The van der Waals surface area contributed by atoms with Crippen molar-refractivity contribution in [1.82, 2.24) is 0 Å². The Labute approximate surface area is 127 Å². The minimum absolute atomic E-state index is 0.342. The van der Waals surface area contributed by atoms with Gasteiger partial charge >= 0.3 is 0 Å². The minimum Gasteiger partial charge on any atom is -0.507 e. The Balaban J connectivity index is 2.21. The van der Waals surface area contributed by atoms with Gasteiger partial charge in [-0.05, 0) is 48.7 Å². The van der Waals surface area contributed by atoms with Gasteiger partial charge in [-0.2, -0.15) is 5.26 Å². The molecule has 0 amide bonds. The zero-order valence-corrected chi connectivity index (χ0v) is 13.0. The molecule has 20 heavy (non-hydrogen) atoms. The molecule has 0 spiro atoms. The molecule has 0 saturated carbocycles. The van der Waals surface area contributed by atoms with Gasteiger partial charge in [-0.15, -0.1) is 0 Å². The van der Waals surface area contributed by atoms with Crippen molar-refractivity contribution < 1.29 is 5.11 Å². The first-order chi connectivity index (χ1) is 9.51. The smallest absolute Gasteiger partial charge is 0.121 e. The van der Waals surface area contributed by atoms with Gasteiger partial charge in [0.2, 0.25) is 0 Å². The van der Waals surface area contributed by atoms with E-state index in [0.717, 1.165) is 26.9 Å². The maximum absolute atomic E-state index is 9.76. The number of phenols is 1. The molecule has 2 N–H and O–H groups in total. The highest BCUT2D eigenvalue weighted by Crippen LogP contribution is 2.25. The summed E-state index contributed by atoms with van der Waals surface area (Å²) in [6, 6.07) is 11.6. The number of benzene rings is 2. The molecular formula is C16H15BrN2O. The molecule has 3 nitrogen and oxygen atoms in total. The summed E-state index contributed by atoms with van der Waals surface area (Å²) in [5.74, 6) is 0.342. The van der Waals surface area contributed by atoms with E-state index in [4.69, 9.17) is 5.26 Å². The van der Waals surface area contributed by atoms with E-state index in [0.29, 0.717) is 17.9 Å². The molecule has 0 bridgehead atoms. The lowest BCUT2D eigenvalue weighted by molar-refractivity contribution is 0.466. The summed E-state index contributed by atoms with van der Waals surface area (Å²) in [5.41, 5.74) is 4.19. The summed E-state index contributed by atoms with van der Waals surface area (Å²) in [4.78, 5) is 0. The molecule has 0 aromatic heterocycles. The van der Waals surface area contributed by atoms with E-state index in [1.165, 1.54) is 0 Å². The molecule has 4 heteroatoms. The fourth-order valence-electron chi connectivity index (χ4n) is 2.11. The zero-order chi connectivity index (χ0) is 14.7. The van der Waals surface area contributed by atoms with Crippen LogP contribution in [0.4, 0.5) is 5.69 Å². The summed E-state index contributed by atoms with van der Waals surface area (Å²) in [5, 5.41) is 22.1. The summed E-state index contributed by atoms with van der Waals surface area (Å²) in [6.45, 7) is 4.37. The van der Waals surface area contributed by atoms with Gasteiger partial charge in [-0.25, -0.2) is 0 Å². The van der Waals surface area contributed by atoms with Crippen LogP contribution in [0.2, 0.25) is 0 Å². The topological polar surface area (TPSA) is 56.0 Å². The molecule has 0 heterocycles. The fourth-order valence-corrected chi connectivity index (χ4v) is 2.47. The van der Waals surface area contributed by atoms with Gasteiger partial charge in [-0.1, -0.05) is 28.1 Å². The Morgan fingerprint density at radius 3 is 2.45 bits per heavy atom. The predicted octanol–water partition coefficient (Wildman–Crippen LogP) is 4.26. The lowest BCUT2D eigenvalue weighted by Crippen LogP contribution is -2.02. The van der Waals surface area contributed by atoms with E-state index >= 15 is 0 Å². The summed E-state index contributed by atoms with van der Waals surface area (Å²) in [7, 11) is 0. The largest absolute Gasteiger partial charge is 0.507 e. The first-order valence-electron chi connectivity index (χ1n) is 6.24. The van der Waals surface area contributed by atoms with Crippen LogP contribution in [0.25, 0.3) is 0 Å². The van der Waals surface area contributed by atoms with Gasteiger partial charge < -0.3 is 10.4 Å². The minimum atomic E-state index is 0.342. The first kappa shape index (κ1) is 14.4. The van der Waals surface area contributed by atoms with Gasteiger partial charge in [0.05, 0.1) is 11.3 Å². The lowest BCUT2D eigenvalue weighted by atomic mass is 10.1. The number of aromatic hydroxyl groups is 1. The molecular weight excluding hydrogens is 316 g/mol. The molecule has 0 aliphatic heterocycles. The van der Waals surface area contributed by atoms with Crippen LogP contribution in [0.3, 0.4) is 0 Å². The standard InChI is InChI=1S/C16H15BrN2O/c1-10-5-12(6-11(2)16(10)20)9-19-15-7-14(17)4-3-13(15)8-18/h3-7,19-20H,9H2,1-2H3. The highest BCUT2D eigenvalue weighted by molar-refractivity contribution is 9.10.